The van der Waals surface area contributed by atoms with Crippen molar-refractivity contribution in [2.24, 2.45) is 5.16 Å². The second-order valence-electron chi connectivity index (χ2n) is 8.14. The van der Waals surface area contributed by atoms with Gasteiger partial charge in [0.05, 0.1) is 20.6 Å². The zero-order valence-corrected chi connectivity index (χ0v) is 20.2. The fraction of sp³-hybridized carbons (Fsp3) is 0.333. The molecule has 1 aliphatic carbocycles. The molecular weight excluding hydrogens is 492 g/mol. The summed E-state index contributed by atoms with van der Waals surface area (Å²) in [5, 5.41) is 6.56. The Morgan fingerprint density at radius 2 is 1.86 bits per heavy atom. The van der Waals surface area contributed by atoms with Crippen LogP contribution in [0.5, 0.6) is 11.5 Å². The number of esters is 2. The van der Waals surface area contributed by atoms with E-state index >= 15 is 0 Å². The standard InChI is InChI=1S/C24H22N2O11/c1-11(27)34-17-7-8-18(29)24(36-12(2)28)10-15(26-37-21(17)24)22(30)25-14-9-13-5-6-16(32-3)20(33-4)19(13)35-23(14)31/h5-9,17,21H,10H2,1-4H3,(H,25,30). The molecule has 0 fully saturated rings. The van der Waals surface area contributed by atoms with Gasteiger partial charge in [0.25, 0.3) is 5.91 Å². The number of benzene rings is 1. The monoisotopic (exact) mass is 514 g/mol. The molecule has 13 nitrogen and oxygen atoms in total. The Bertz CT molecular complexity index is 1420. The number of hydrogen-bond acceptors (Lipinski definition) is 12. The van der Waals surface area contributed by atoms with Gasteiger partial charge >= 0.3 is 17.6 Å². The SMILES string of the molecule is COc1ccc2cc(NC(=O)C3=NOC4C(OC(C)=O)C=CC(=O)C4(OC(C)=O)C3)c(=O)oc2c1OC. The van der Waals surface area contributed by atoms with E-state index in [2.05, 4.69) is 10.5 Å². The maximum absolute atomic E-state index is 13.0. The third-order valence-corrected chi connectivity index (χ3v) is 5.70. The highest BCUT2D eigenvalue weighted by Crippen LogP contribution is 2.37. The van der Waals surface area contributed by atoms with Crippen LogP contribution in [0.2, 0.25) is 0 Å². The van der Waals surface area contributed by atoms with E-state index in [4.69, 9.17) is 28.2 Å². The van der Waals surface area contributed by atoms with E-state index < -0.39 is 53.5 Å². The summed E-state index contributed by atoms with van der Waals surface area (Å²) in [5.41, 5.74) is -3.40. The number of amides is 1. The van der Waals surface area contributed by atoms with Crippen molar-refractivity contribution >= 4 is 46.0 Å². The van der Waals surface area contributed by atoms with Crippen LogP contribution in [-0.4, -0.2) is 61.4 Å². The highest BCUT2D eigenvalue weighted by molar-refractivity contribution is 6.43. The summed E-state index contributed by atoms with van der Waals surface area (Å²) in [7, 11) is 2.81. The summed E-state index contributed by atoms with van der Waals surface area (Å²) in [5.74, 6) is -2.58. The maximum Gasteiger partial charge on any atom is 0.360 e. The van der Waals surface area contributed by atoms with Crippen molar-refractivity contribution in [2.45, 2.75) is 38.1 Å². The Balaban J connectivity index is 1.66. The van der Waals surface area contributed by atoms with Crippen LogP contribution in [-0.2, 0) is 33.5 Å². The molecule has 0 saturated heterocycles. The van der Waals surface area contributed by atoms with E-state index in [0.29, 0.717) is 11.1 Å². The summed E-state index contributed by atoms with van der Waals surface area (Å²) >= 11 is 0. The second-order valence-corrected chi connectivity index (χ2v) is 8.14. The number of carbonyl (C=O) groups excluding carboxylic acids is 4. The molecule has 37 heavy (non-hydrogen) atoms. The van der Waals surface area contributed by atoms with Crippen LogP contribution in [0, 0.1) is 0 Å². The Morgan fingerprint density at radius 3 is 2.51 bits per heavy atom. The lowest BCUT2D eigenvalue weighted by Gasteiger charge is -2.42. The van der Waals surface area contributed by atoms with Crippen LogP contribution in [0.15, 0.2) is 44.7 Å². The molecule has 2 aromatic rings. The number of ketones is 1. The average molecular weight is 514 g/mol. The number of oxime groups is 1. The number of carbonyl (C=O) groups is 4. The maximum atomic E-state index is 13.0. The number of fused-ring (bicyclic) bond motifs is 2. The molecule has 1 aromatic carbocycles. The molecule has 4 rings (SSSR count). The molecule has 0 bridgehead atoms. The van der Waals surface area contributed by atoms with E-state index in [-0.39, 0.29) is 22.7 Å². The van der Waals surface area contributed by atoms with Crippen molar-refractivity contribution in [1.29, 1.82) is 0 Å². The second kappa shape index (κ2) is 9.76. The molecule has 0 radical (unpaired) electrons. The molecule has 3 unspecified atom stereocenters. The van der Waals surface area contributed by atoms with Crippen molar-refractivity contribution in [1.82, 2.24) is 0 Å². The highest BCUT2D eigenvalue weighted by atomic mass is 16.7. The quantitative estimate of drug-likeness (QED) is 0.435. The lowest BCUT2D eigenvalue weighted by molar-refractivity contribution is -0.200. The number of nitrogens with zero attached hydrogens (tertiary/aromatic N) is 1. The predicted molar refractivity (Wildman–Crippen MR) is 125 cm³/mol. The molecule has 0 spiro atoms. The Labute approximate surface area is 208 Å². The Morgan fingerprint density at radius 1 is 1.11 bits per heavy atom. The first-order chi connectivity index (χ1) is 17.6. The summed E-state index contributed by atoms with van der Waals surface area (Å²) in [6, 6.07) is 4.55. The minimum absolute atomic E-state index is 0.107. The lowest BCUT2D eigenvalue weighted by Crippen LogP contribution is -2.63. The molecule has 13 heteroatoms. The van der Waals surface area contributed by atoms with Gasteiger partial charge < -0.3 is 33.5 Å². The summed E-state index contributed by atoms with van der Waals surface area (Å²) < 4.78 is 26.3. The zero-order chi connectivity index (χ0) is 26.9. The van der Waals surface area contributed by atoms with Crippen LogP contribution >= 0.6 is 0 Å². The first kappa shape index (κ1) is 25.4. The molecule has 1 aliphatic heterocycles. The molecule has 194 valence electrons. The normalized spacial score (nSPS) is 22.3. The van der Waals surface area contributed by atoms with E-state index in [9.17, 15) is 24.0 Å². The van der Waals surface area contributed by atoms with Crippen molar-refractivity contribution in [3.63, 3.8) is 0 Å². The summed E-state index contributed by atoms with van der Waals surface area (Å²) in [6.45, 7) is 2.23. The number of anilines is 1. The Hall–Kier alpha value is -4.68. The molecule has 2 aliphatic rings. The van der Waals surface area contributed by atoms with Gasteiger partial charge in [0.15, 0.2) is 17.4 Å². The summed E-state index contributed by atoms with van der Waals surface area (Å²) in [4.78, 5) is 67.3. The molecule has 2 heterocycles. The van der Waals surface area contributed by atoms with Gasteiger partial charge in [-0.1, -0.05) is 5.16 Å². The largest absolute Gasteiger partial charge is 0.493 e. The van der Waals surface area contributed by atoms with E-state index in [1.165, 1.54) is 26.4 Å². The smallest absolute Gasteiger partial charge is 0.360 e. The van der Waals surface area contributed by atoms with E-state index in [1.54, 1.807) is 12.1 Å². The number of methoxy groups -OCH3 is 2. The van der Waals surface area contributed by atoms with Gasteiger partial charge in [0.2, 0.25) is 23.2 Å². The zero-order valence-electron chi connectivity index (χ0n) is 20.2. The first-order valence-electron chi connectivity index (χ1n) is 10.9. The highest BCUT2D eigenvalue weighted by Gasteiger charge is 2.59. The van der Waals surface area contributed by atoms with Gasteiger partial charge in [-0.05, 0) is 30.4 Å². The van der Waals surface area contributed by atoms with Gasteiger partial charge in [-0.2, -0.15) is 0 Å². The summed E-state index contributed by atoms with van der Waals surface area (Å²) in [6.07, 6.45) is -0.588. The molecular formula is C24H22N2O11. The fourth-order valence-electron chi connectivity index (χ4n) is 4.16. The minimum Gasteiger partial charge on any atom is -0.493 e. The van der Waals surface area contributed by atoms with Gasteiger partial charge in [-0.15, -0.1) is 0 Å². The molecule has 1 amide bonds. The lowest BCUT2D eigenvalue weighted by atomic mass is 9.78. The van der Waals surface area contributed by atoms with Gasteiger partial charge in [-0.25, -0.2) is 4.79 Å². The van der Waals surface area contributed by atoms with Crippen LogP contribution in [0.1, 0.15) is 20.3 Å². The molecule has 0 saturated carbocycles. The van der Waals surface area contributed by atoms with Crippen LogP contribution in [0.3, 0.4) is 0 Å². The van der Waals surface area contributed by atoms with Gasteiger partial charge in [0.1, 0.15) is 11.4 Å². The number of ether oxygens (including phenoxy) is 4. The van der Waals surface area contributed by atoms with E-state index in [0.717, 1.165) is 19.9 Å². The van der Waals surface area contributed by atoms with Crippen molar-refractivity contribution in [3.05, 3.63) is 40.8 Å². The van der Waals surface area contributed by atoms with Crippen LogP contribution < -0.4 is 20.4 Å². The van der Waals surface area contributed by atoms with Gasteiger partial charge in [-0.3, -0.25) is 19.2 Å². The minimum atomic E-state index is -2.02. The van der Waals surface area contributed by atoms with Crippen LogP contribution in [0.4, 0.5) is 5.69 Å². The first-order valence-corrected chi connectivity index (χ1v) is 10.9. The average Bonchev–Trinajstić information content (AvgIpc) is 2.84. The Kier molecular flexibility index (Phi) is 6.70. The predicted octanol–water partition coefficient (Wildman–Crippen LogP) is 1.27. The van der Waals surface area contributed by atoms with E-state index in [1.807, 2.05) is 0 Å². The number of rotatable bonds is 6. The number of nitrogens with one attached hydrogen (secondary N) is 1. The molecule has 1 aromatic heterocycles. The fourth-order valence-corrected chi connectivity index (χ4v) is 4.16. The van der Waals surface area contributed by atoms with Crippen LogP contribution in [0.25, 0.3) is 11.0 Å². The van der Waals surface area contributed by atoms with Crippen molar-refractivity contribution < 1.29 is 47.4 Å². The van der Waals surface area contributed by atoms with Crippen molar-refractivity contribution in [2.75, 3.05) is 19.5 Å². The topological polar surface area (TPSA) is 169 Å². The molecule has 3 atom stereocenters. The van der Waals surface area contributed by atoms with Crippen molar-refractivity contribution in [3.8, 4) is 11.5 Å². The van der Waals surface area contributed by atoms with Gasteiger partial charge in [0, 0.05) is 19.2 Å². The third kappa shape index (κ3) is 4.62. The molecule has 1 N–H and O–H groups in total. The number of hydrogen-bond donors (Lipinski definition) is 1. The third-order valence-electron chi connectivity index (χ3n) is 5.70.